The summed E-state index contributed by atoms with van der Waals surface area (Å²) in [4.78, 5) is 21.9. The monoisotopic (exact) mass is 234 g/mol. The number of hydrogen-bond donors (Lipinski definition) is 1. The molecule has 0 aromatic heterocycles. The predicted octanol–water partition coefficient (Wildman–Crippen LogP) is 2.14. The van der Waals surface area contributed by atoms with Crippen molar-refractivity contribution in [1.82, 2.24) is 0 Å². The molecule has 0 fully saturated rings. The molecule has 0 heterocycles. The fraction of sp³-hybridized carbons (Fsp3) is 0.231. The molecule has 0 aliphatic carbocycles. The Hall–Kier alpha value is -2.10. The smallest absolute Gasteiger partial charge is 0.307 e. The average molecular weight is 234 g/mol. The second-order valence-corrected chi connectivity index (χ2v) is 3.54. The molecular formula is C13H14O4. The van der Waals surface area contributed by atoms with Gasteiger partial charge < -0.3 is 9.84 Å². The molecule has 0 atom stereocenters. The summed E-state index contributed by atoms with van der Waals surface area (Å²) in [7, 11) is 1.53. The first-order valence-corrected chi connectivity index (χ1v) is 5.11. The van der Waals surface area contributed by atoms with Crippen LogP contribution in [0.2, 0.25) is 0 Å². The number of rotatable bonds is 5. The van der Waals surface area contributed by atoms with Gasteiger partial charge in [-0.3, -0.25) is 9.59 Å². The van der Waals surface area contributed by atoms with Gasteiger partial charge in [0, 0.05) is 11.1 Å². The van der Waals surface area contributed by atoms with Gasteiger partial charge in [0.05, 0.1) is 13.5 Å². The molecule has 1 rings (SSSR count). The molecule has 4 nitrogen and oxygen atoms in total. The van der Waals surface area contributed by atoms with Crippen molar-refractivity contribution in [2.75, 3.05) is 7.11 Å². The van der Waals surface area contributed by atoms with E-state index in [1.807, 2.05) is 0 Å². The third kappa shape index (κ3) is 3.75. The highest BCUT2D eigenvalue weighted by atomic mass is 16.5. The van der Waals surface area contributed by atoms with Crippen LogP contribution in [0.4, 0.5) is 0 Å². The molecule has 0 aliphatic heterocycles. The van der Waals surface area contributed by atoms with Gasteiger partial charge >= 0.3 is 5.97 Å². The van der Waals surface area contributed by atoms with Crippen molar-refractivity contribution in [3.05, 3.63) is 35.4 Å². The number of benzene rings is 1. The zero-order valence-electron chi connectivity index (χ0n) is 9.77. The molecule has 0 spiro atoms. The lowest BCUT2D eigenvalue weighted by Gasteiger charge is -2.05. The minimum atomic E-state index is -1.03. The SMILES string of the molecule is COc1ccccc1/C=C(\CC(=O)O)C(C)=O. The van der Waals surface area contributed by atoms with Crippen molar-refractivity contribution in [3.63, 3.8) is 0 Å². The van der Waals surface area contributed by atoms with Crippen LogP contribution in [0.15, 0.2) is 29.8 Å². The lowest BCUT2D eigenvalue weighted by molar-refractivity contribution is -0.136. The first-order valence-electron chi connectivity index (χ1n) is 5.11. The van der Waals surface area contributed by atoms with Crippen molar-refractivity contribution in [3.8, 4) is 5.75 Å². The summed E-state index contributed by atoms with van der Waals surface area (Å²) in [5.41, 5.74) is 0.948. The standard InChI is InChI=1S/C13H14O4/c1-9(14)11(8-13(15)16)7-10-5-3-4-6-12(10)17-2/h3-7H,8H2,1-2H3,(H,15,16)/b11-7+. The van der Waals surface area contributed by atoms with E-state index in [0.717, 1.165) is 0 Å². The predicted molar refractivity (Wildman–Crippen MR) is 63.9 cm³/mol. The van der Waals surface area contributed by atoms with Crippen molar-refractivity contribution >= 4 is 17.8 Å². The van der Waals surface area contributed by atoms with Crippen LogP contribution in [-0.4, -0.2) is 24.0 Å². The number of ketones is 1. The maximum absolute atomic E-state index is 11.3. The Kier molecular flexibility index (Phi) is 4.46. The van der Waals surface area contributed by atoms with E-state index in [2.05, 4.69) is 0 Å². The number of aliphatic carboxylic acids is 1. The highest BCUT2D eigenvalue weighted by Gasteiger charge is 2.10. The van der Waals surface area contributed by atoms with Gasteiger partial charge in [-0.1, -0.05) is 18.2 Å². The number of hydrogen-bond acceptors (Lipinski definition) is 3. The molecule has 0 saturated heterocycles. The van der Waals surface area contributed by atoms with Crippen LogP contribution in [0.1, 0.15) is 18.9 Å². The van der Waals surface area contributed by atoms with Crippen molar-refractivity contribution in [2.45, 2.75) is 13.3 Å². The minimum Gasteiger partial charge on any atom is -0.496 e. The van der Waals surface area contributed by atoms with Crippen molar-refractivity contribution < 1.29 is 19.4 Å². The summed E-state index contributed by atoms with van der Waals surface area (Å²) >= 11 is 0. The van der Waals surface area contributed by atoms with Gasteiger partial charge in [0.25, 0.3) is 0 Å². The number of para-hydroxylation sites is 1. The van der Waals surface area contributed by atoms with Gasteiger partial charge in [0.1, 0.15) is 5.75 Å². The molecule has 1 aromatic carbocycles. The van der Waals surface area contributed by atoms with Gasteiger partial charge in [-0.2, -0.15) is 0 Å². The highest BCUT2D eigenvalue weighted by Crippen LogP contribution is 2.21. The van der Waals surface area contributed by atoms with E-state index in [9.17, 15) is 9.59 Å². The zero-order chi connectivity index (χ0) is 12.8. The largest absolute Gasteiger partial charge is 0.496 e. The normalized spacial score (nSPS) is 11.1. The summed E-state index contributed by atoms with van der Waals surface area (Å²) < 4.78 is 5.13. The van der Waals surface area contributed by atoms with Crippen LogP contribution in [0.3, 0.4) is 0 Å². The van der Waals surface area contributed by atoms with Crippen molar-refractivity contribution in [1.29, 1.82) is 0 Å². The van der Waals surface area contributed by atoms with E-state index < -0.39 is 5.97 Å². The van der Waals surface area contributed by atoms with Crippen LogP contribution in [0, 0.1) is 0 Å². The molecule has 1 aromatic rings. The summed E-state index contributed by atoms with van der Waals surface area (Å²) in [5, 5.41) is 8.71. The molecule has 4 heteroatoms. The average Bonchev–Trinajstić information content (AvgIpc) is 2.28. The van der Waals surface area contributed by atoms with Gasteiger partial charge in [-0.15, -0.1) is 0 Å². The number of Topliss-reactive ketones (excluding diaryl/α,β-unsaturated/α-hetero) is 1. The number of carbonyl (C=O) groups excluding carboxylic acids is 1. The first kappa shape index (κ1) is 13.0. The minimum absolute atomic E-state index is 0.252. The van der Waals surface area contributed by atoms with Gasteiger partial charge in [0.2, 0.25) is 0 Å². The molecule has 0 radical (unpaired) electrons. The molecule has 0 unspecified atom stereocenters. The molecule has 1 N–H and O–H groups in total. The lowest BCUT2D eigenvalue weighted by Crippen LogP contribution is -2.04. The Balaban J connectivity index is 3.12. The van der Waals surface area contributed by atoms with Crippen LogP contribution in [0.5, 0.6) is 5.75 Å². The van der Waals surface area contributed by atoms with E-state index in [4.69, 9.17) is 9.84 Å². The van der Waals surface area contributed by atoms with E-state index in [1.165, 1.54) is 14.0 Å². The summed E-state index contributed by atoms with van der Waals surface area (Å²) in [6.45, 7) is 1.35. The lowest BCUT2D eigenvalue weighted by atomic mass is 10.0. The molecule has 0 aliphatic rings. The van der Waals surface area contributed by atoms with E-state index in [1.54, 1.807) is 30.3 Å². The second-order valence-electron chi connectivity index (χ2n) is 3.54. The van der Waals surface area contributed by atoms with Crippen LogP contribution < -0.4 is 4.74 Å². The molecule has 17 heavy (non-hydrogen) atoms. The Labute approximate surface area is 99.5 Å². The topological polar surface area (TPSA) is 63.6 Å². The number of methoxy groups -OCH3 is 1. The highest BCUT2D eigenvalue weighted by molar-refractivity contribution is 6.01. The van der Waals surface area contributed by atoms with Crippen LogP contribution in [-0.2, 0) is 9.59 Å². The summed E-state index contributed by atoms with van der Waals surface area (Å²) in [5.74, 6) is -0.670. The Bertz CT molecular complexity index is 460. The third-order valence-corrected chi connectivity index (χ3v) is 2.26. The van der Waals surface area contributed by atoms with Crippen LogP contribution in [0.25, 0.3) is 6.08 Å². The number of carbonyl (C=O) groups is 2. The Morgan fingerprint density at radius 2 is 2.00 bits per heavy atom. The third-order valence-electron chi connectivity index (χ3n) is 2.26. The molecule has 90 valence electrons. The molecular weight excluding hydrogens is 220 g/mol. The maximum Gasteiger partial charge on any atom is 0.307 e. The van der Waals surface area contributed by atoms with Gasteiger partial charge in [-0.05, 0) is 19.1 Å². The van der Waals surface area contributed by atoms with Gasteiger partial charge in [-0.25, -0.2) is 0 Å². The van der Waals surface area contributed by atoms with Crippen molar-refractivity contribution in [2.24, 2.45) is 0 Å². The number of carboxylic acids is 1. The molecule has 0 bridgehead atoms. The first-order chi connectivity index (χ1) is 8.04. The Morgan fingerprint density at radius 1 is 1.35 bits per heavy atom. The fourth-order valence-electron chi connectivity index (χ4n) is 1.41. The number of carboxylic acid groups (broad SMARTS) is 1. The second kappa shape index (κ2) is 5.84. The molecule has 0 amide bonds. The zero-order valence-corrected chi connectivity index (χ0v) is 9.77. The molecule has 0 saturated carbocycles. The van der Waals surface area contributed by atoms with E-state index >= 15 is 0 Å². The fourth-order valence-corrected chi connectivity index (χ4v) is 1.41. The summed E-state index contributed by atoms with van der Waals surface area (Å²) in [6, 6.07) is 7.13. The van der Waals surface area contributed by atoms with Gasteiger partial charge in [0.15, 0.2) is 5.78 Å². The van der Waals surface area contributed by atoms with E-state index in [-0.39, 0.29) is 17.8 Å². The van der Waals surface area contributed by atoms with Crippen LogP contribution >= 0.6 is 0 Å². The quantitative estimate of drug-likeness (QED) is 0.793. The number of ether oxygens (including phenoxy) is 1. The summed E-state index contributed by atoms with van der Waals surface area (Å²) in [6.07, 6.45) is 1.27. The van der Waals surface area contributed by atoms with E-state index in [0.29, 0.717) is 11.3 Å². The maximum atomic E-state index is 11.3. The Morgan fingerprint density at radius 3 is 2.53 bits per heavy atom.